The average Bonchev–Trinajstić information content (AvgIpc) is 2.50. The minimum absolute atomic E-state index is 0.345. The van der Waals surface area contributed by atoms with Crippen LogP contribution in [-0.4, -0.2) is 21.6 Å². The molecular formula is C20H42O3S. The fraction of sp³-hybridized carbons (Fsp3) is 0.950. The standard InChI is InChI=1S/C18H36O2.C2H6OS/c1-2-3-4-5-6-7-8-9-10-11-12-13-14-15-16-17-18(19)20;1-2(3)4/h2-17H2,1H3,(H,19,20);2-4H,1H3. The summed E-state index contributed by atoms with van der Waals surface area (Å²) in [6.45, 7) is 3.86. The van der Waals surface area contributed by atoms with E-state index in [1.54, 1.807) is 6.92 Å². The van der Waals surface area contributed by atoms with Crippen molar-refractivity contribution in [1.82, 2.24) is 0 Å². The zero-order valence-electron chi connectivity index (χ0n) is 16.1. The predicted molar refractivity (Wildman–Crippen MR) is 108 cm³/mol. The van der Waals surface area contributed by atoms with Crippen molar-refractivity contribution in [2.45, 2.75) is 122 Å². The smallest absolute Gasteiger partial charge is 0.303 e. The molecule has 0 aliphatic rings. The Morgan fingerprint density at radius 2 is 1.00 bits per heavy atom. The number of carbonyl (C=O) groups is 1. The number of carboxylic acid groups (broad SMARTS) is 1. The first-order valence-corrected chi connectivity index (χ1v) is 10.6. The molecule has 0 aromatic carbocycles. The van der Waals surface area contributed by atoms with Gasteiger partial charge in [0.15, 0.2) is 0 Å². The lowest BCUT2D eigenvalue weighted by atomic mass is 10.0. The largest absolute Gasteiger partial charge is 0.481 e. The molecule has 0 saturated carbocycles. The van der Waals surface area contributed by atoms with Gasteiger partial charge in [-0.15, -0.1) is 12.6 Å². The van der Waals surface area contributed by atoms with Crippen molar-refractivity contribution in [2.24, 2.45) is 0 Å². The summed E-state index contributed by atoms with van der Waals surface area (Å²) in [5.41, 5.74) is -0.472. The van der Waals surface area contributed by atoms with Crippen LogP contribution < -0.4 is 0 Å². The molecule has 0 saturated heterocycles. The van der Waals surface area contributed by atoms with Crippen LogP contribution in [0.15, 0.2) is 0 Å². The summed E-state index contributed by atoms with van der Waals surface area (Å²) in [5.74, 6) is -0.653. The molecule has 1 atom stereocenters. The van der Waals surface area contributed by atoms with Crippen LogP contribution in [0.3, 0.4) is 0 Å². The summed E-state index contributed by atoms with van der Waals surface area (Å²) < 4.78 is 0. The lowest BCUT2D eigenvalue weighted by molar-refractivity contribution is -0.137. The Morgan fingerprint density at radius 3 is 1.25 bits per heavy atom. The number of hydrogen-bond donors (Lipinski definition) is 3. The van der Waals surface area contributed by atoms with E-state index in [4.69, 9.17) is 10.2 Å². The van der Waals surface area contributed by atoms with E-state index in [1.165, 1.54) is 83.5 Å². The number of unbranched alkanes of at least 4 members (excludes halogenated alkanes) is 14. The second-order valence-corrected chi connectivity index (χ2v) is 7.47. The van der Waals surface area contributed by atoms with Crippen LogP contribution in [0.5, 0.6) is 0 Å². The summed E-state index contributed by atoms with van der Waals surface area (Å²) in [7, 11) is 0. The van der Waals surface area contributed by atoms with Gasteiger partial charge in [-0.25, -0.2) is 0 Å². The Balaban J connectivity index is 0. The average molecular weight is 363 g/mol. The van der Waals surface area contributed by atoms with Gasteiger partial charge in [-0.3, -0.25) is 4.79 Å². The van der Waals surface area contributed by atoms with Crippen molar-refractivity contribution >= 4 is 18.6 Å². The van der Waals surface area contributed by atoms with E-state index in [0.29, 0.717) is 6.42 Å². The number of hydrogen-bond acceptors (Lipinski definition) is 3. The molecule has 146 valence electrons. The van der Waals surface area contributed by atoms with Crippen molar-refractivity contribution in [3.8, 4) is 0 Å². The molecule has 2 N–H and O–H groups in total. The van der Waals surface area contributed by atoms with Crippen LogP contribution in [0.1, 0.15) is 117 Å². The monoisotopic (exact) mass is 362 g/mol. The Hall–Kier alpha value is -0.220. The van der Waals surface area contributed by atoms with Crippen LogP contribution >= 0.6 is 12.6 Å². The van der Waals surface area contributed by atoms with E-state index in [0.717, 1.165) is 12.8 Å². The molecule has 0 fully saturated rings. The molecule has 1 unspecified atom stereocenters. The zero-order chi connectivity index (χ0) is 18.5. The quantitative estimate of drug-likeness (QED) is 0.165. The van der Waals surface area contributed by atoms with E-state index in [2.05, 4.69) is 19.6 Å². The highest BCUT2D eigenvalue weighted by Crippen LogP contribution is 2.13. The number of rotatable bonds is 16. The molecular weight excluding hydrogens is 320 g/mol. The van der Waals surface area contributed by atoms with Gasteiger partial charge in [0.2, 0.25) is 0 Å². The zero-order valence-corrected chi connectivity index (χ0v) is 17.0. The first kappa shape index (κ1) is 26.0. The second kappa shape index (κ2) is 22.8. The van der Waals surface area contributed by atoms with E-state index in [-0.39, 0.29) is 0 Å². The van der Waals surface area contributed by atoms with Gasteiger partial charge in [-0.05, 0) is 13.3 Å². The van der Waals surface area contributed by atoms with Crippen molar-refractivity contribution < 1.29 is 15.0 Å². The van der Waals surface area contributed by atoms with Gasteiger partial charge in [0.25, 0.3) is 0 Å². The maximum absolute atomic E-state index is 10.3. The number of thiol groups is 1. The molecule has 0 aromatic rings. The van der Waals surface area contributed by atoms with Crippen molar-refractivity contribution in [2.75, 3.05) is 0 Å². The van der Waals surface area contributed by atoms with Crippen molar-refractivity contribution in [3.63, 3.8) is 0 Å². The molecule has 0 bridgehead atoms. The molecule has 4 heteroatoms. The van der Waals surface area contributed by atoms with Gasteiger partial charge >= 0.3 is 5.97 Å². The Morgan fingerprint density at radius 1 is 0.750 bits per heavy atom. The molecule has 0 amide bonds. The SMILES string of the molecule is CC(O)S.CCCCCCCCCCCCCCCCCC(=O)O. The number of aliphatic hydroxyl groups excluding tert-OH is 1. The highest BCUT2D eigenvalue weighted by molar-refractivity contribution is 7.80. The summed E-state index contributed by atoms with van der Waals surface area (Å²) in [6, 6.07) is 0. The van der Waals surface area contributed by atoms with E-state index >= 15 is 0 Å². The van der Waals surface area contributed by atoms with E-state index in [9.17, 15) is 4.79 Å². The predicted octanol–water partition coefficient (Wildman–Crippen LogP) is 6.59. The van der Waals surface area contributed by atoms with Gasteiger partial charge in [0, 0.05) is 6.42 Å². The van der Waals surface area contributed by atoms with E-state index < -0.39 is 11.4 Å². The molecule has 0 rings (SSSR count). The lowest BCUT2D eigenvalue weighted by Gasteiger charge is -2.03. The topological polar surface area (TPSA) is 57.5 Å². The summed E-state index contributed by atoms with van der Waals surface area (Å²) in [6.07, 6.45) is 20.2. The third kappa shape index (κ3) is 33.4. The van der Waals surface area contributed by atoms with Crippen LogP contribution in [0, 0.1) is 0 Å². The minimum atomic E-state index is -0.653. The molecule has 3 nitrogen and oxygen atoms in total. The molecule has 0 heterocycles. The van der Waals surface area contributed by atoms with Crippen LogP contribution in [0.25, 0.3) is 0 Å². The molecule has 0 aliphatic heterocycles. The normalized spacial score (nSPS) is 11.7. The summed E-state index contributed by atoms with van der Waals surface area (Å²) in [4.78, 5) is 10.3. The third-order valence-corrected chi connectivity index (χ3v) is 3.99. The summed E-state index contributed by atoms with van der Waals surface area (Å²) in [5, 5.41) is 16.4. The maximum Gasteiger partial charge on any atom is 0.303 e. The van der Waals surface area contributed by atoms with Gasteiger partial charge in [0.05, 0.1) is 5.44 Å². The van der Waals surface area contributed by atoms with Crippen LogP contribution in [0.4, 0.5) is 0 Å². The number of carboxylic acids is 1. The maximum atomic E-state index is 10.3. The Kier molecular flexibility index (Phi) is 24.7. The first-order chi connectivity index (χ1) is 11.5. The van der Waals surface area contributed by atoms with Gasteiger partial charge < -0.3 is 10.2 Å². The third-order valence-electron chi connectivity index (χ3n) is 3.99. The lowest BCUT2D eigenvalue weighted by Crippen LogP contribution is -1.93. The summed E-state index contributed by atoms with van der Waals surface area (Å²) >= 11 is 3.52. The van der Waals surface area contributed by atoms with Gasteiger partial charge in [-0.1, -0.05) is 96.8 Å². The van der Waals surface area contributed by atoms with Crippen molar-refractivity contribution in [3.05, 3.63) is 0 Å². The highest BCUT2D eigenvalue weighted by Gasteiger charge is 1.97. The van der Waals surface area contributed by atoms with E-state index in [1.807, 2.05) is 0 Å². The molecule has 24 heavy (non-hydrogen) atoms. The Labute approximate surface area is 156 Å². The highest BCUT2D eigenvalue weighted by atomic mass is 32.1. The fourth-order valence-corrected chi connectivity index (χ4v) is 2.65. The molecule has 0 radical (unpaired) electrons. The van der Waals surface area contributed by atoms with Gasteiger partial charge in [-0.2, -0.15) is 0 Å². The second-order valence-electron chi connectivity index (χ2n) is 6.73. The van der Waals surface area contributed by atoms with Crippen molar-refractivity contribution in [1.29, 1.82) is 0 Å². The minimum Gasteiger partial charge on any atom is -0.481 e. The fourth-order valence-electron chi connectivity index (χ4n) is 2.65. The molecule has 0 aliphatic carbocycles. The first-order valence-electron chi connectivity index (χ1n) is 10.1. The molecule has 0 aromatic heterocycles. The number of aliphatic hydroxyl groups is 1. The van der Waals surface area contributed by atoms with Gasteiger partial charge in [0.1, 0.15) is 0 Å². The number of aliphatic carboxylic acids is 1. The van der Waals surface area contributed by atoms with Crippen LogP contribution in [-0.2, 0) is 4.79 Å². The molecule has 0 spiro atoms. The Bertz CT molecular complexity index is 242. The van der Waals surface area contributed by atoms with Crippen LogP contribution in [0.2, 0.25) is 0 Å².